The van der Waals surface area contributed by atoms with Crippen LogP contribution in [-0.2, 0) is 11.3 Å². The van der Waals surface area contributed by atoms with Crippen LogP contribution in [0.2, 0.25) is 5.02 Å². The predicted molar refractivity (Wildman–Crippen MR) is 73.2 cm³/mol. The second kappa shape index (κ2) is 6.18. The van der Waals surface area contributed by atoms with Crippen LogP contribution in [0, 0.1) is 5.41 Å². The molecule has 1 aliphatic rings. The summed E-state index contributed by atoms with van der Waals surface area (Å²) in [4.78, 5) is 2.33. The number of nitrogens with one attached hydrogen (secondary N) is 1. The molecule has 4 nitrogen and oxygen atoms in total. The number of nitrogen functional groups attached to an aromatic ring is 1. The van der Waals surface area contributed by atoms with Gasteiger partial charge in [0, 0.05) is 36.8 Å². The number of nitrogens with two attached hydrogens (primary N) is 1. The van der Waals surface area contributed by atoms with Crippen molar-refractivity contribution in [1.29, 1.82) is 5.41 Å². The Hall–Kier alpha value is -1.10. The number of hydrogen-bond acceptors (Lipinski definition) is 3. The first-order chi connectivity index (χ1) is 8.66. The van der Waals surface area contributed by atoms with Gasteiger partial charge >= 0.3 is 0 Å². The Labute approximate surface area is 112 Å². The number of hydrogen-bond donors (Lipinski definition) is 2. The van der Waals surface area contributed by atoms with E-state index in [-0.39, 0.29) is 5.84 Å². The van der Waals surface area contributed by atoms with Crippen molar-refractivity contribution in [3.63, 3.8) is 0 Å². The van der Waals surface area contributed by atoms with E-state index in [4.69, 9.17) is 27.5 Å². The van der Waals surface area contributed by atoms with Crippen LogP contribution >= 0.6 is 11.6 Å². The van der Waals surface area contributed by atoms with E-state index in [1.807, 2.05) is 12.1 Å². The molecule has 3 N–H and O–H groups in total. The van der Waals surface area contributed by atoms with E-state index in [0.717, 1.165) is 44.8 Å². The molecule has 1 saturated heterocycles. The molecule has 0 unspecified atom stereocenters. The maximum atomic E-state index is 7.38. The third-order valence-electron chi connectivity index (χ3n) is 3.07. The molecule has 0 saturated carbocycles. The van der Waals surface area contributed by atoms with Gasteiger partial charge in [0.05, 0.1) is 6.61 Å². The van der Waals surface area contributed by atoms with E-state index in [2.05, 4.69) is 4.90 Å². The monoisotopic (exact) mass is 267 g/mol. The van der Waals surface area contributed by atoms with E-state index >= 15 is 0 Å². The van der Waals surface area contributed by atoms with Crippen molar-refractivity contribution in [2.24, 2.45) is 5.73 Å². The summed E-state index contributed by atoms with van der Waals surface area (Å²) in [6.45, 7) is 4.41. The van der Waals surface area contributed by atoms with Crippen molar-refractivity contribution in [3.8, 4) is 0 Å². The van der Waals surface area contributed by atoms with Crippen LogP contribution in [0.3, 0.4) is 0 Å². The zero-order valence-corrected chi connectivity index (χ0v) is 11.0. The summed E-state index contributed by atoms with van der Waals surface area (Å²) in [5, 5.41) is 8.05. The molecule has 0 aliphatic carbocycles. The number of nitrogens with zero attached hydrogens (tertiary/aromatic N) is 1. The SMILES string of the molecule is N=C(N)c1ccc(CN2CCCOCC2)c(Cl)c1. The van der Waals surface area contributed by atoms with E-state index < -0.39 is 0 Å². The first kappa shape index (κ1) is 13.3. The molecule has 1 aromatic rings. The highest BCUT2D eigenvalue weighted by Gasteiger charge is 2.12. The number of benzene rings is 1. The fraction of sp³-hybridized carbons (Fsp3) is 0.462. The maximum Gasteiger partial charge on any atom is 0.122 e. The Kier molecular flexibility index (Phi) is 4.58. The zero-order chi connectivity index (χ0) is 13.0. The lowest BCUT2D eigenvalue weighted by atomic mass is 10.1. The minimum atomic E-state index is 0.0478. The summed E-state index contributed by atoms with van der Waals surface area (Å²) in [6, 6.07) is 5.55. The molecule has 1 heterocycles. The fourth-order valence-corrected chi connectivity index (χ4v) is 2.28. The van der Waals surface area contributed by atoms with Gasteiger partial charge in [-0.1, -0.05) is 23.7 Å². The summed E-state index contributed by atoms with van der Waals surface area (Å²) < 4.78 is 5.42. The molecule has 1 fully saturated rings. The Balaban J connectivity index is 2.06. The molecule has 1 aliphatic heterocycles. The molecule has 98 valence electrons. The van der Waals surface area contributed by atoms with Crippen LogP contribution in [-0.4, -0.2) is 37.0 Å². The second-order valence-electron chi connectivity index (χ2n) is 4.46. The van der Waals surface area contributed by atoms with Crippen molar-refractivity contribution >= 4 is 17.4 Å². The van der Waals surface area contributed by atoms with Gasteiger partial charge in [0.25, 0.3) is 0 Å². The highest BCUT2D eigenvalue weighted by molar-refractivity contribution is 6.31. The van der Waals surface area contributed by atoms with Crippen LogP contribution in [0.1, 0.15) is 17.5 Å². The van der Waals surface area contributed by atoms with Crippen molar-refractivity contribution in [2.75, 3.05) is 26.3 Å². The van der Waals surface area contributed by atoms with Crippen molar-refractivity contribution in [2.45, 2.75) is 13.0 Å². The van der Waals surface area contributed by atoms with Gasteiger partial charge in [-0.15, -0.1) is 0 Å². The Morgan fingerprint density at radius 2 is 2.22 bits per heavy atom. The molecular formula is C13H18ClN3O. The average Bonchev–Trinajstić information content (AvgIpc) is 2.60. The summed E-state index contributed by atoms with van der Waals surface area (Å²) in [6.07, 6.45) is 1.06. The molecule has 0 amide bonds. The van der Waals surface area contributed by atoms with Crippen molar-refractivity contribution in [1.82, 2.24) is 4.90 Å². The third-order valence-corrected chi connectivity index (χ3v) is 3.42. The van der Waals surface area contributed by atoms with E-state index in [1.165, 1.54) is 0 Å². The fourth-order valence-electron chi connectivity index (χ4n) is 2.04. The smallest absolute Gasteiger partial charge is 0.122 e. The quantitative estimate of drug-likeness (QED) is 0.649. The largest absolute Gasteiger partial charge is 0.384 e. The second-order valence-corrected chi connectivity index (χ2v) is 4.87. The van der Waals surface area contributed by atoms with Gasteiger partial charge in [-0.05, 0) is 18.1 Å². The summed E-state index contributed by atoms with van der Waals surface area (Å²) >= 11 is 6.22. The first-order valence-corrected chi connectivity index (χ1v) is 6.47. The summed E-state index contributed by atoms with van der Waals surface area (Å²) in [5.41, 5.74) is 7.18. The lowest BCUT2D eigenvalue weighted by Gasteiger charge is -2.20. The molecule has 0 spiro atoms. The molecule has 0 atom stereocenters. The Morgan fingerprint density at radius 1 is 1.39 bits per heavy atom. The minimum Gasteiger partial charge on any atom is -0.384 e. The molecule has 0 radical (unpaired) electrons. The predicted octanol–water partition coefficient (Wildman–Crippen LogP) is 1.85. The van der Waals surface area contributed by atoms with Crippen molar-refractivity contribution in [3.05, 3.63) is 34.3 Å². The van der Waals surface area contributed by atoms with Crippen LogP contribution in [0.5, 0.6) is 0 Å². The van der Waals surface area contributed by atoms with Gasteiger partial charge in [-0.25, -0.2) is 0 Å². The standard InChI is InChI=1S/C13H18ClN3O/c14-12-8-10(13(15)16)2-3-11(12)9-17-4-1-6-18-7-5-17/h2-3,8H,1,4-7,9H2,(H3,15,16). The van der Waals surface area contributed by atoms with E-state index in [9.17, 15) is 0 Å². The summed E-state index contributed by atoms with van der Waals surface area (Å²) in [7, 11) is 0. The maximum absolute atomic E-state index is 7.38. The van der Waals surface area contributed by atoms with Crippen LogP contribution in [0.15, 0.2) is 18.2 Å². The molecule has 0 aromatic heterocycles. The normalized spacial score (nSPS) is 17.4. The Morgan fingerprint density at radius 3 is 2.94 bits per heavy atom. The summed E-state index contributed by atoms with van der Waals surface area (Å²) in [5.74, 6) is 0.0478. The molecule has 0 bridgehead atoms. The van der Waals surface area contributed by atoms with Gasteiger partial charge in [-0.2, -0.15) is 0 Å². The highest BCUT2D eigenvalue weighted by atomic mass is 35.5. The molecule has 18 heavy (non-hydrogen) atoms. The lowest BCUT2D eigenvalue weighted by Crippen LogP contribution is -2.26. The third kappa shape index (κ3) is 3.45. The number of rotatable bonds is 3. The molecular weight excluding hydrogens is 250 g/mol. The van der Waals surface area contributed by atoms with Gasteiger partial charge in [0.1, 0.15) is 5.84 Å². The van der Waals surface area contributed by atoms with Crippen LogP contribution in [0.25, 0.3) is 0 Å². The molecule has 5 heteroatoms. The number of ether oxygens (including phenoxy) is 1. The van der Waals surface area contributed by atoms with Gasteiger partial charge in [0.2, 0.25) is 0 Å². The van der Waals surface area contributed by atoms with E-state index in [0.29, 0.717) is 10.6 Å². The van der Waals surface area contributed by atoms with Crippen molar-refractivity contribution < 1.29 is 4.74 Å². The first-order valence-electron chi connectivity index (χ1n) is 6.10. The van der Waals surface area contributed by atoms with Crippen LogP contribution < -0.4 is 5.73 Å². The zero-order valence-electron chi connectivity index (χ0n) is 10.3. The Bertz CT molecular complexity index is 428. The van der Waals surface area contributed by atoms with Gasteiger partial charge in [-0.3, -0.25) is 10.3 Å². The average molecular weight is 268 g/mol. The topological polar surface area (TPSA) is 62.3 Å². The van der Waals surface area contributed by atoms with E-state index in [1.54, 1.807) is 6.07 Å². The lowest BCUT2D eigenvalue weighted by molar-refractivity contribution is 0.140. The van der Waals surface area contributed by atoms with Gasteiger partial charge in [0.15, 0.2) is 0 Å². The number of halogens is 1. The molecule has 1 aromatic carbocycles. The highest BCUT2D eigenvalue weighted by Crippen LogP contribution is 2.20. The minimum absolute atomic E-state index is 0.0478. The molecule has 2 rings (SSSR count). The van der Waals surface area contributed by atoms with Crippen LogP contribution in [0.4, 0.5) is 0 Å². The number of amidine groups is 1. The van der Waals surface area contributed by atoms with Gasteiger partial charge < -0.3 is 10.5 Å².